The molecule has 1 amide bonds. The molecule has 0 aliphatic carbocycles. The molecule has 0 heterocycles. The van der Waals surface area contributed by atoms with Gasteiger partial charge < -0.3 is 14.8 Å². The molecule has 3 rings (SSSR count). The first-order valence-corrected chi connectivity index (χ1v) is 10.5. The van der Waals surface area contributed by atoms with E-state index in [1.807, 2.05) is 18.2 Å². The summed E-state index contributed by atoms with van der Waals surface area (Å²) in [6.45, 7) is 0.290. The average Bonchev–Trinajstić information content (AvgIpc) is 2.83. The molecule has 8 nitrogen and oxygen atoms in total. The van der Waals surface area contributed by atoms with Gasteiger partial charge in [0.1, 0.15) is 18.2 Å². The molecule has 0 saturated carbocycles. The number of hydrogen-bond acceptors (Lipinski definition) is 6. The molecule has 172 valence electrons. The molecule has 0 saturated heterocycles. The van der Waals surface area contributed by atoms with E-state index < -0.39 is 10.8 Å². The van der Waals surface area contributed by atoms with Crippen LogP contribution in [0.3, 0.4) is 0 Å². The third-order valence-electron chi connectivity index (χ3n) is 4.58. The molecule has 34 heavy (non-hydrogen) atoms. The van der Waals surface area contributed by atoms with Gasteiger partial charge in [-0.2, -0.15) is 5.26 Å². The van der Waals surface area contributed by atoms with Gasteiger partial charge in [-0.3, -0.25) is 14.9 Å². The summed E-state index contributed by atoms with van der Waals surface area (Å²) in [5, 5.41) is 23.6. The van der Waals surface area contributed by atoms with Gasteiger partial charge in [-0.25, -0.2) is 0 Å². The number of benzene rings is 3. The highest BCUT2D eigenvalue weighted by atomic mass is 35.5. The van der Waals surface area contributed by atoms with Crippen LogP contribution in [0.1, 0.15) is 11.1 Å². The number of carbonyl (C=O) groups excluding carboxylic acids is 1. The van der Waals surface area contributed by atoms with Gasteiger partial charge in [-0.15, -0.1) is 0 Å². The van der Waals surface area contributed by atoms with Crippen LogP contribution in [0.4, 0.5) is 11.4 Å². The van der Waals surface area contributed by atoms with Crippen LogP contribution in [0.5, 0.6) is 11.5 Å². The molecular formula is C24H17Cl2N3O5. The number of carbonyl (C=O) groups is 1. The first-order valence-electron chi connectivity index (χ1n) is 9.73. The van der Waals surface area contributed by atoms with Crippen LogP contribution in [0, 0.1) is 21.4 Å². The van der Waals surface area contributed by atoms with Crippen LogP contribution in [0.15, 0.2) is 66.2 Å². The van der Waals surface area contributed by atoms with Gasteiger partial charge >= 0.3 is 0 Å². The van der Waals surface area contributed by atoms with Gasteiger partial charge in [0.15, 0.2) is 11.5 Å². The smallest absolute Gasteiger partial charge is 0.271 e. The first kappa shape index (κ1) is 24.6. The molecule has 0 radical (unpaired) electrons. The molecule has 0 spiro atoms. The fourth-order valence-corrected chi connectivity index (χ4v) is 3.15. The summed E-state index contributed by atoms with van der Waals surface area (Å²) >= 11 is 11.9. The monoisotopic (exact) mass is 497 g/mol. The highest BCUT2D eigenvalue weighted by Gasteiger charge is 2.15. The van der Waals surface area contributed by atoms with Crippen LogP contribution in [0.2, 0.25) is 10.0 Å². The lowest BCUT2D eigenvalue weighted by Gasteiger charge is -2.12. The van der Waals surface area contributed by atoms with Gasteiger partial charge in [0.05, 0.1) is 22.7 Å². The second kappa shape index (κ2) is 11.2. The number of methoxy groups -OCH3 is 1. The van der Waals surface area contributed by atoms with Crippen molar-refractivity contribution in [2.24, 2.45) is 0 Å². The standard InChI is InChI=1S/C24H17Cl2N3O5/c1-33-23-11-16(4-9-22(23)34-14-15-2-5-18(25)6-3-15)10-17(13-27)24(30)28-21-12-19(29(31)32)7-8-20(21)26/h2-12H,14H2,1H3,(H,28,30)/b17-10+. The fourth-order valence-electron chi connectivity index (χ4n) is 2.86. The minimum Gasteiger partial charge on any atom is -0.493 e. The van der Waals surface area contributed by atoms with Crippen LogP contribution in [0.25, 0.3) is 6.08 Å². The van der Waals surface area contributed by atoms with Gasteiger partial charge in [-0.05, 0) is 47.5 Å². The molecule has 10 heteroatoms. The molecule has 0 fully saturated rings. The number of amides is 1. The zero-order valence-corrected chi connectivity index (χ0v) is 19.3. The van der Waals surface area contributed by atoms with Crippen molar-refractivity contribution in [1.82, 2.24) is 0 Å². The number of nitro benzene ring substituents is 1. The number of rotatable bonds is 8. The lowest BCUT2D eigenvalue weighted by Crippen LogP contribution is -2.14. The summed E-state index contributed by atoms with van der Waals surface area (Å²) in [5.41, 5.74) is 0.956. The van der Waals surface area contributed by atoms with Crippen molar-refractivity contribution in [2.45, 2.75) is 6.61 Å². The van der Waals surface area contributed by atoms with Gasteiger partial charge in [0, 0.05) is 17.2 Å². The van der Waals surface area contributed by atoms with E-state index >= 15 is 0 Å². The molecule has 1 N–H and O–H groups in total. The van der Waals surface area contributed by atoms with E-state index in [9.17, 15) is 20.2 Å². The second-order valence-corrected chi connectivity index (χ2v) is 7.71. The molecule has 0 unspecified atom stereocenters. The number of anilines is 1. The Morgan fingerprint density at radius 3 is 2.50 bits per heavy atom. The first-order chi connectivity index (χ1) is 16.3. The van der Waals surface area contributed by atoms with E-state index in [1.165, 1.54) is 25.3 Å². The van der Waals surface area contributed by atoms with Crippen molar-refractivity contribution in [3.05, 3.63) is 97.5 Å². The Bertz CT molecular complexity index is 1300. The summed E-state index contributed by atoms with van der Waals surface area (Å²) < 4.78 is 11.2. The number of non-ortho nitro benzene ring substituents is 1. The third-order valence-corrected chi connectivity index (χ3v) is 5.16. The highest BCUT2D eigenvalue weighted by molar-refractivity contribution is 6.34. The summed E-state index contributed by atoms with van der Waals surface area (Å²) in [7, 11) is 1.47. The molecule has 0 aliphatic rings. The second-order valence-electron chi connectivity index (χ2n) is 6.87. The van der Waals surface area contributed by atoms with Crippen molar-refractivity contribution in [3.8, 4) is 17.6 Å². The quantitative estimate of drug-likeness (QED) is 0.175. The number of halogens is 2. The van der Waals surface area contributed by atoms with Crippen molar-refractivity contribution < 1.29 is 19.2 Å². The Hall–Kier alpha value is -4.06. The third kappa shape index (κ3) is 6.25. The van der Waals surface area contributed by atoms with Crippen LogP contribution in [-0.4, -0.2) is 17.9 Å². The maximum absolute atomic E-state index is 12.6. The van der Waals surface area contributed by atoms with Gasteiger partial charge in [0.25, 0.3) is 11.6 Å². The lowest BCUT2D eigenvalue weighted by molar-refractivity contribution is -0.384. The van der Waals surface area contributed by atoms with E-state index in [-0.39, 0.29) is 22.0 Å². The predicted molar refractivity (Wildman–Crippen MR) is 129 cm³/mol. The Morgan fingerprint density at radius 1 is 1.12 bits per heavy atom. The Morgan fingerprint density at radius 2 is 1.85 bits per heavy atom. The fraction of sp³-hybridized carbons (Fsp3) is 0.0833. The number of hydrogen-bond donors (Lipinski definition) is 1. The van der Waals surface area contributed by atoms with E-state index in [0.717, 1.165) is 11.6 Å². The SMILES string of the molecule is COc1cc(/C=C(\C#N)C(=O)Nc2cc([N+](=O)[O-])ccc2Cl)ccc1OCc1ccc(Cl)cc1. The number of nitro groups is 1. The molecule has 0 bridgehead atoms. The summed E-state index contributed by atoms with van der Waals surface area (Å²) in [6.07, 6.45) is 1.35. The zero-order valence-electron chi connectivity index (χ0n) is 17.7. The van der Waals surface area contributed by atoms with Gasteiger partial charge in [-0.1, -0.05) is 41.4 Å². The van der Waals surface area contributed by atoms with E-state index in [0.29, 0.717) is 28.7 Å². The topological polar surface area (TPSA) is 114 Å². The Kier molecular flexibility index (Phi) is 8.09. The number of nitrogens with zero attached hydrogens (tertiary/aromatic N) is 2. The average molecular weight is 498 g/mol. The van der Waals surface area contributed by atoms with Crippen LogP contribution in [-0.2, 0) is 11.4 Å². The van der Waals surface area contributed by atoms with Crippen LogP contribution >= 0.6 is 23.2 Å². The molecule has 0 atom stereocenters. The number of ether oxygens (including phenoxy) is 2. The summed E-state index contributed by atoms with van der Waals surface area (Å²) in [4.78, 5) is 22.9. The molecular weight excluding hydrogens is 481 g/mol. The summed E-state index contributed by atoms with van der Waals surface area (Å²) in [6, 6.07) is 17.6. The molecule has 0 aliphatic heterocycles. The Labute approximate surface area is 205 Å². The van der Waals surface area contributed by atoms with Crippen molar-refractivity contribution in [3.63, 3.8) is 0 Å². The number of nitriles is 1. The molecule has 0 aromatic heterocycles. The molecule has 3 aromatic rings. The lowest BCUT2D eigenvalue weighted by atomic mass is 10.1. The maximum Gasteiger partial charge on any atom is 0.271 e. The number of nitrogens with one attached hydrogen (secondary N) is 1. The van der Waals surface area contributed by atoms with E-state index in [1.54, 1.807) is 30.3 Å². The van der Waals surface area contributed by atoms with E-state index in [4.69, 9.17) is 32.7 Å². The molecule has 3 aromatic carbocycles. The maximum atomic E-state index is 12.6. The highest BCUT2D eigenvalue weighted by Crippen LogP contribution is 2.30. The minimum absolute atomic E-state index is 0.0190. The summed E-state index contributed by atoms with van der Waals surface area (Å²) in [5.74, 6) is 0.106. The zero-order chi connectivity index (χ0) is 24.7. The minimum atomic E-state index is -0.771. The van der Waals surface area contributed by atoms with Gasteiger partial charge in [0.2, 0.25) is 0 Å². The normalized spacial score (nSPS) is 10.8. The van der Waals surface area contributed by atoms with Crippen molar-refractivity contribution >= 4 is 46.6 Å². The van der Waals surface area contributed by atoms with Crippen LogP contribution < -0.4 is 14.8 Å². The largest absolute Gasteiger partial charge is 0.493 e. The van der Waals surface area contributed by atoms with E-state index in [2.05, 4.69) is 5.32 Å². The predicted octanol–water partition coefficient (Wildman–Crippen LogP) is 6.03. The Balaban J connectivity index is 1.78. The van der Waals surface area contributed by atoms with Crippen molar-refractivity contribution in [2.75, 3.05) is 12.4 Å². The van der Waals surface area contributed by atoms with Crippen molar-refractivity contribution in [1.29, 1.82) is 5.26 Å².